The summed E-state index contributed by atoms with van der Waals surface area (Å²) >= 11 is 5.85. The summed E-state index contributed by atoms with van der Waals surface area (Å²) in [4.78, 5) is 24.4. The fourth-order valence-electron chi connectivity index (χ4n) is 2.31. The molecular formula is C18H17ClN6O3. The maximum absolute atomic E-state index is 12.2. The van der Waals surface area contributed by atoms with Crippen LogP contribution in [0.2, 0.25) is 5.02 Å². The number of aromatic nitrogens is 3. The molecule has 1 aromatic heterocycles. The summed E-state index contributed by atoms with van der Waals surface area (Å²) in [6.07, 6.45) is 0. The number of hydrogen-bond donors (Lipinski definition) is 3. The SMILES string of the molecule is COc1ccccc1Nc1nc(N)nc(COC(=O)c2ccc(Cl)c(N)c2)n1. The zero-order chi connectivity index (χ0) is 20.1. The number of hydrogen-bond acceptors (Lipinski definition) is 9. The van der Waals surface area contributed by atoms with Gasteiger partial charge >= 0.3 is 5.97 Å². The Morgan fingerprint density at radius 3 is 2.68 bits per heavy atom. The van der Waals surface area contributed by atoms with Crippen LogP contribution in [0.4, 0.5) is 23.3 Å². The molecule has 2 aromatic carbocycles. The third-order valence-corrected chi connectivity index (χ3v) is 3.96. The van der Waals surface area contributed by atoms with Crippen molar-refractivity contribution in [2.45, 2.75) is 6.61 Å². The molecule has 0 aliphatic carbocycles. The van der Waals surface area contributed by atoms with Crippen molar-refractivity contribution in [1.29, 1.82) is 0 Å². The van der Waals surface area contributed by atoms with Crippen LogP contribution in [-0.4, -0.2) is 28.0 Å². The van der Waals surface area contributed by atoms with Gasteiger partial charge in [0, 0.05) is 0 Å². The fourth-order valence-corrected chi connectivity index (χ4v) is 2.43. The van der Waals surface area contributed by atoms with Crippen molar-refractivity contribution in [3.05, 3.63) is 58.9 Å². The summed E-state index contributed by atoms with van der Waals surface area (Å²) < 4.78 is 10.5. The lowest BCUT2D eigenvalue weighted by molar-refractivity contribution is 0.0462. The highest BCUT2D eigenvalue weighted by atomic mass is 35.5. The monoisotopic (exact) mass is 400 g/mol. The molecular weight excluding hydrogens is 384 g/mol. The number of methoxy groups -OCH3 is 1. The summed E-state index contributed by atoms with van der Waals surface area (Å²) in [6.45, 7) is -0.200. The van der Waals surface area contributed by atoms with Gasteiger partial charge in [-0.2, -0.15) is 15.0 Å². The van der Waals surface area contributed by atoms with Gasteiger partial charge in [-0.3, -0.25) is 0 Å². The van der Waals surface area contributed by atoms with Crippen LogP contribution >= 0.6 is 11.6 Å². The van der Waals surface area contributed by atoms with Crippen molar-refractivity contribution >= 4 is 40.8 Å². The number of nitrogen functional groups attached to an aromatic ring is 2. The molecule has 0 atom stereocenters. The molecule has 0 spiro atoms. The first kappa shape index (κ1) is 19.2. The van der Waals surface area contributed by atoms with Crippen LogP contribution in [-0.2, 0) is 11.3 Å². The Morgan fingerprint density at radius 1 is 1.14 bits per heavy atom. The van der Waals surface area contributed by atoms with Gasteiger partial charge in [-0.05, 0) is 30.3 Å². The molecule has 3 aromatic rings. The van der Waals surface area contributed by atoms with Crippen molar-refractivity contribution in [2.75, 3.05) is 23.9 Å². The number of carbonyl (C=O) groups is 1. The normalized spacial score (nSPS) is 10.4. The standard InChI is InChI=1S/C18H17ClN6O3/c1-27-14-5-3-2-4-13(14)22-18-24-15(23-17(21)25-18)9-28-16(26)10-6-7-11(19)12(20)8-10/h2-8H,9,20H2,1H3,(H3,21,22,23,24,25). The van der Waals surface area contributed by atoms with Crippen molar-refractivity contribution in [2.24, 2.45) is 0 Å². The molecule has 0 unspecified atom stereocenters. The van der Waals surface area contributed by atoms with Gasteiger partial charge in [0.15, 0.2) is 12.4 Å². The highest BCUT2D eigenvalue weighted by Gasteiger charge is 2.12. The smallest absolute Gasteiger partial charge is 0.338 e. The minimum absolute atomic E-state index is 0.0193. The van der Waals surface area contributed by atoms with Crippen molar-refractivity contribution < 1.29 is 14.3 Å². The number of benzene rings is 2. The van der Waals surface area contributed by atoms with E-state index >= 15 is 0 Å². The van der Waals surface area contributed by atoms with Crippen LogP contribution < -0.4 is 21.5 Å². The first-order valence-corrected chi connectivity index (χ1v) is 8.46. The number of ether oxygens (including phenoxy) is 2. The molecule has 0 bridgehead atoms. The average Bonchev–Trinajstić information content (AvgIpc) is 2.68. The number of carbonyl (C=O) groups excluding carboxylic acids is 1. The van der Waals surface area contributed by atoms with E-state index in [1.165, 1.54) is 18.2 Å². The van der Waals surface area contributed by atoms with Crippen LogP contribution in [0.15, 0.2) is 42.5 Å². The molecule has 28 heavy (non-hydrogen) atoms. The minimum Gasteiger partial charge on any atom is -0.495 e. The minimum atomic E-state index is -0.596. The molecule has 9 nitrogen and oxygen atoms in total. The molecule has 0 fully saturated rings. The zero-order valence-corrected chi connectivity index (χ0v) is 15.6. The van der Waals surface area contributed by atoms with Crippen LogP contribution in [0.1, 0.15) is 16.2 Å². The Hall–Kier alpha value is -3.59. The topological polar surface area (TPSA) is 138 Å². The maximum Gasteiger partial charge on any atom is 0.338 e. The van der Waals surface area contributed by atoms with E-state index in [0.717, 1.165) is 0 Å². The van der Waals surface area contributed by atoms with Gasteiger partial charge in [-0.15, -0.1) is 0 Å². The Morgan fingerprint density at radius 2 is 1.93 bits per heavy atom. The van der Waals surface area contributed by atoms with Crippen LogP contribution in [0.25, 0.3) is 0 Å². The molecule has 10 heteroatoms. The van der Waals surface area contributed by atoms with Crippen molar-refractivity contribution in [3.8, 4) is 5.75 Å². The van der Waals surface area contributed by atoms with Gasteiger partial charge in [0.05, 0.1) is 29.1 Å². The summed E-state index contributed by atoms with van der Waals surface area (Å²) in [7, 11) is 1.55. The average molecular weight is 401 g/mol. The molecule has 0 saturated heterocycles. The lowest BCUT2D eigenvalue weighted by atomic mass is 10.2. The summed E-state index contributed by atoms with van der Waals surface area (Å²) in [5.41, 5.74) is 12.6. The molecule has 0 saturated carbocycles. The summed E-state index contributed by atoms with van der Waals surface area (Å²) in [6, 6.07) is 11.7. The van der Waals surface area contributed by atoms with Crippen LogP contribution in [0, 0.1) is 0 Å². The Balaban J connectivity index is 1.72. The number of nitrogens with two attached hydrogens (primary N) is 2. The zero-order valence-electron chi connectivity index (χ0n) is 14.8. The van der Waals surface area contributed by atoms with E-state index in [4.69, 9.17) is 32.5 Å². The molecule has 0 radical (unpaired) electrons. The number of halogens is 1. The van der Waals surface area contributed by atoms with E-state index in [2.05, 4.69) is 20.3 Å². The van der Waals surface area contributed by atoms with Gasteiger partial charge in [0.2, 0.25) is 11.9 Å². The maximum atomic E-state index is 12.2. The lowest BCUT2D eigenvalue weighted by Crippen LogP contribution is -2.11. The third-order valence-electron chi connectivity index (χ3n) is 3.62. The first-order chi connectivity index (χ1) is 13.5. The first-order valence-electron chi connectivity index (χ1n) is 8.09. The van der Waals surface area contributed by atoms with Gasteiger partial charge in [0.25, 0.3) is 0 Å². The molecule has 0 amide bonds. The summed E-state index contributed by atoms with van der Waals surface area (Å²) in [5.74, 6) is 0.365. The number of anilines is 4. The quantitative estimate of drug-likeness (QED) is 0.421. The Bertz CT molecular complexity index is 1010. The highest BCUT2D eigenvalue weighted by molar-refractivity contribution is 6.33. The van der Waals surface area contributed by atoms with Crippen molar-refractivity contribution in [3.63, 3.8) is 0 Å². The molecule has 1 heterocycles. The van der Waals surface area contributed by atoms with Gasteiger partial charge in [0.1, 0.15) is 5.75 Å². The molecule has 0 aliphatic rings. The van der Waals surface area contributed by atoms with Crippen LogP contribution in [0.3, 0.4) is 0 Å². The second-order valence-corrected chi connectivity index (χ2v) is 5.98. The third kappa shape index (κ3) is 4.57. The second kappa shape index (κ2) is 8.40. The largest absolute Gasteiger partial charge is 0.495 e. The molecule has 144 valence electrons. The predicted octanol–water partition coefficient (Wildman–Crippen LogP) is 2.80. The number of nitrogens with one attached hydrogen (secondary N) is 1. The fraction of sp³-hybridized carbons (Fsp3) is 0.111. The molecule has 0 aliphatic heterocycles. The van der Waals surface area contributed by atoms with E-state index < -0.39 is 5.97 Å². The Kier molecular flexibility index (Phi) is 5.75. The van der Waals surface area contributed by atoms with Crippen molar-refractivity contribution in [1.82, 2.24) is 15.0 Å². The summed E-state index contributed by atoms with van der Waals surface area (Å²) in [5, 5.41) is 3.35. The van der Waals surface area contributed by atoms with E-state index in [-0.39, 0.29) is 35.6 Å². The van der Waals surface area contributed by atoms with E-state index in [1.54, 1.807) is 19.2 Å². The van der Waals surface area contributed by atoms with Gasteiger partial charge in [-0.1, -0.05) is 23.7 Å². The van der Waals surface area contributed by atoms with E-state index in [1.807, 2.05) is 12.1 Å². The van der Waals surface area contributed by atoms with E-state index in [0.29, 0.717) is 16.5 Å². The Labute approximate surface area is 165 Å². The number of esters is 1. The van der Waals surface area contributed by atoms with Gasteiger partial charge < -0.3 is 26.3 Å². The van der Waals surface area contributed by atoms with Gasteiger partial charge in [-0.25, -0.2) is 4.79 Å². The number of para-hydroxylation sites is 2. The predicted molar refractivity (Wildman–Crippen MR) is 105 cm³/mol. The molecule has 3 rings (SSSR count). The van der Waals surface area contributed by atoms with Crippen LogP contribution in [0.5, 0.6) is 5.75 Å². The lowest BCUT2D eigenvalue weighted by Gasteiger charge is -2.11. The van der Waals surface area contributed by atoms with E-state index in [9.17, 15) is 4.79 Å². The number of nitrogens with zero attached hydrogens (tertiary/aromatic N) is 3. The molecule has 5 N–H and O–H groups in total. The second-order valence-electron chi connectivity index (χ2n) is 5.57. The number of rotatable bonds is 6. The highest BCUT2D eigenvalue weighted by Crippen LogP contribution is 2.25.